The number of piperidine rings is 1. The van der Waals surface area contributed by atoms with Crippen LogP contribution in [0, 0.1) is 5.92 Å². The highest BCUT2D eigenvalue weighted by Gasteiger charge is 2.28. The van der Waals surface area contributed by atoms with Gasteiger partial charge in [-0.1, -0.05) is 30.3 Å². The molecule has 2 aromatic rings. The predicted molar refractivity (Wildman–Crippen MR) is 89.0 cm³/mol. The Balaban J connectivity index is 1.81. The molecule has 0 bridgehead atoms. The van der Waals surface area contributed by atoms with Gasteiger partial charge in [-0.3, -0.25) is 9.48 Å². The van der Waals surface area contributed by atoms with E-state index in [2.05, 4.69) is 5.10 Å². The molecule has 0 spiro atoms. The summed E-state index contributed by atoms with van der Waals surface area (Å²) in [5.41, 5.74) is 2.33. The maximum Gasteiger partial charge on any atom is 0.257 e. The highest BCUT2D eigenvalue weighted by Crippen LogP contribution is 2.26. The zero-order chi connectivity index (χ0) is 16.4. The molecule has 1 amide bonds. The van der Waals surface area contributed by atoms with Crippen molar-refractivity contribution in [3.05, 3.63) is 42.1 Å². The van der Waals surface area contributed by atoms with E-state index in [1.807, 2.05) is 49.2 Å². The maximum atomic E-state index is 12.9. The summed E-state index contributed by atoms with van der Waals surface area (Å²) in [6.45, 7) is 3.21. The van der Waals surface area contributed by atoms with Crippen molar-refractivity contribution in [3.8, 4) is 11.3 Å². The molecule has 1 fully saturated rings. The zero-order valence-corrected chi connectivity index (χ0v) is 13.6. The van der Waals surface area contributed by atoms with Crippen LogP contribution >= 0.6 is 0 Å². The van der Waals surface area contributed by atoms with Gasteiger partial charge < -0.3 is 10.0 Å². The lowest BCUT2D eigenvalue weighted by Crippen LogP contribution is -2.40. The van der Waals surface area contributed by atoms with Crippen molar-refractivity contribution in [2.75, 3.05) is 13.1 Å². The van der Waals surface area contributed by atoms with Gasteiger partial charge in [0.1, 0.15) is 5.69 Å². The summed E-state index contributed by atoms with van der Waals surface area (Å²) in [6.07, 6.45) is 3.20. The Hall–Kier alpha value is -2.14. The number of amides is 1. The number of carbonyl (C=O) groups is 1. The largest absolute Gasteiger partial charge is 0.393 e. The third-order valence-electron chi connectivity index (χ3n) is 4.62. The number of likely N-dealkylation sites (tertiary alicyclic amines) is 1. The topological polar surface area (TPSA) is 58.4 Å². The monoisotopic (exact) mass is 313 g/mol. The Morgan fingerprint density at radius 2 is 1.91 bits per heavy atom. The van der Waals surface area contributed by atoms with Gasteiger partial charge in [0, 0.05) is 31.9 Å². The lowest BCUT2D eigenvalue weighted by atomic mass is 9.92. The molecule has 1 unspecified atom stereocenters. The van der Waals surface area contributed by atoms with Crippen molar-refractivity contribution in [1.29, 1.82) is 0 Å². The first-order chi connectivity index (χ1) is 11.1. The number of rotatable bonds is 3. The molecule has 122 valence electrons. The number of benzene rings is 1. The summed E-state index contributed by atoms with van der Waals surface area (Å²) in [5, 5.41) is 14.2. The van der Waals surface area contributed by atoms with Gasteiger partial charge in [0.2, 0.25) is 0 Å². The van der Waals surface area contributed by atoms with Crippen LogP contribution in [0.2, 0.25) is 0 Å². The summed E-state index contributed by atoms with van der Waals surface area (Å²) >= 11 is 0. The second-order valence-corrected chi connectivity index (χ2v) is 6.30. The fraction of sp³-hybridized carbons (Fsp3) is 0.444. The Morgan fingerprint density at radius 3 is 2.52 bits per heavy atom. The van der Waals surface area contributed by atoms with Crippen LogP contribution in [0.3, 0.4) is 0 Å². The van der Waals surface area contributed by atoms with E-state index in [0.717, 1.165) is 24.1 Å². The summed E-state index contributed by atoms with van der Waals surface area (Å²) in [4.78, 5) is 14.8. The van der Waals surface area contributed by atoms with Crippen molar-refractivity contribution >= 4 is 5.91 Å². The molecule has 1 atom stereocenters. The van der Waals surface area contributed by atoms with Gasteiger partial charge in [0.05, 0.1) is 11.7 Å². The van der Waals surface area contributed by atoms with E-state index in [4.69, 9.17) is 0 Å². The van der Waals surface area contributed by atoms with Crippen molar-refractivity contribution in [2.45, 2.75) is 25.9 Å². The maximum absolute atomic E-state index is 12.9. The number of aliphatic hydroxyl groups is 1. The Labute approximate surface area is 136 Å². The first-order valence-corrected chi connectivity index (χ1v) is 8.12. The molecule has 1 aromatic carbocycles. The lowest BCUT2D eigenvalue weighted by Gasteiger charge is -2.33. The van der Waals surface area contributed by atoms with Crippen LogP contribution in [0.4, 0.5) is 0 Å². The number of nitrogens with zero attached hydrogens (tertiary/aromatic N) is 3. The average Bonchev–Trinajstić information content (AvgIpc) is 2.97. The second kappa shape index (κ2) is 6.54. The highest BCUT2D eigenvalue weighted by molar-refractivity contribution is 5.99. The smallest absolute Gasteiger partial charge is 0.257 e. The van der Waals surface area contributed by atoms with E-state index in [-0.39, 0.29) is 12.0 Å². The van der Waals surface area contributed by atoms with Crippen LogP contribution in [-0.4, -0.2) is 44.9 Å². The Kier molecular flexibility index (Phi) is 4.48. The molecular weight excluding hydrogens is 290 g/mol. The van der Waals surface area contributed by atoms with E-state index < -0.39 is 0 Å². The Bertz CT molecular complexity index is 671. The standard InChI is InChI=1S/C18H23N3O2/c1-13(22)14-8-10-21(11-9-14)18(23)16-12-20(2)19-17(16)15-6-4-3-5-7-15/h3-7,12-14,22H,8-11H2,1-2H3. The van der Waals surface area contributed by atoms with E-state index >= 15 is 0 Å². The van der Waals surface area contributed by atoms with Gasteiger partial charge in [-0.2, -0.15) is 5.10 Å². The fourth-order valence-electron chi connectivity index (χ4n) is 3.21. The van der Waals surface area contributed by atoms with E-state index in [9.17, 15) is 9.90 Å². The van der Waals surface area contributed by atoms with Gasteiger partial charge in [0.15, 0.2) is 0 Å². The van der Waals surface area contributed by atoms with Gasteiger partial charge in [0.25, 0.3) is 5.91 Å². The molecule has 1 aliphatic rings. The normalized spacial score (nSPS) is 17.3. The van der Waals surface area contributed by atoms with Crippen molar-refractivity contribution < 1.29 is 9.90 Å². The summed E-state index contributed by atoms with van der Waals surface area (Å²) in [6, 6.07) is 9.80. The number of hydrogen-bond acceptors (Lipinski definition) is 3. The van der Waals surface area contributed by atoms with Crippen LogP contribution in [0.25, 0.3) is 11.3 Å². The number of aliphatic hydroxyl groups excluding tert-OH is 1. The minimum Gasteiger partial charge on any atom is -0.393 e. The van der Waals surface area contributed by atoms with Crippen LogP contribution < -0.4 is 0 Å². The van der Waals surface area contributed by atoms with E-state index in [0.29, 0.717) is 24.6 Å². The van der Waals surface area contributed by atoms with E-state index in [1.54, 1.807) is 10.9 Å². The molecule has 1 aromatic heterocycles. The molecule has 1 saturated heterocycles. The van der Waals surface area contributed by atoms with Gasteiger partial charge in [-0.15, -0.1) is 0 Å². The first-order valence-electron chi connectivity index (χ1n) is 8.12. The minimum absolute atomic E-state index is 0.0287. The lowest BCUT2D eigenvalue weighted by molar-refractivity contribution is 0.0522. The SMILES string of the molecule is CC(O)C1CCN(C(=O)c2cn(C)nc2-c2ccccc2)CC1. The number of aromatic nitrogens is 2. The van der Waals surface area contributed by atoms with Gasteiger partial charge >= 0.3 is 0 Å². The third-order valence-corrected chi connectivity index (χ3v) is 4.62. The summed E-state index contributed by atoms with van der Waals surface area (Å²) in [7, 11) is 1.84. The molecule has 0 saturated carbocycles. The number of carbonyl (C=O) groups excluding carboxylic acids is 1. The van der Waals surface area contributed by atoms with Crippen molar-refractivity contribution in [2.24, 2.45) is 13.0 Å². The van der Waals surface area contributed by atoms with Crippen LogP contribution in [-0.2, 0) is 7.05 Å². The van der Waals surface area contributed by atoms with Crippen molar-refractivity contribution in [1.82, 2.24) is 14.7 Å². The summed E-state index contributed by atoms with van der Waals surface area (Å²) < 4.78 is 1.69. The Morgan fingerprint density at radius 1 is 1.26 bits per heavy atom. The molecule has 1 aliphatic heterocycles. The first kappa shape index (κ1) is 15.7. The molecule has 23 heavy (non-hydrogen) atoms. The molecule has 5 nitrogen and oxygen atoms in total. The van der Waals surface area contributed by atoms with Crippen LogP contribution in [0.15, 0.2) is 36.5 Å². The number of aryl methyl sites for hydroxylation is 1. The van der Waals surface area contributed by atoms with Crippen LogP contribution in [0.5, 0.6) is 0 Å². The molecule has 0 radical (unpaired) electrons. The minimum atomic E-state index is -0.300. The molecule has 0 aliphatic carbocycles. The quantitative estimate of drug-likeness (QED) is 0.946. The molecular formula is C18H23N3O2. The highest BCUT2D eigenvalue weighted by atomic mass is 16.3. The van der Waals surface area contributed by atoms with Crippen molar-refractivity contribution in [3.63, 3.8) is 0 Å². The number of hydrogen-bond donors (Lipinski definition) is 1. The zero-order valence-electron chi connectivity index (χ0n) is 13.6. The summed E-state index contributed by atoms with van der Waals surface area (Å²) in [5.74, 6) is 0.322. The van der Waals surface area contributed by atoms with Crippen LogP contribution in [0.1, 0.15) is 30.1 Å². The van der Waals surface area contributed by atoms with Gasteiger partial charge in [-0.25, -0.2) is 0 Å². The molecule has 3 rings (SSSR count). The second-order valence-electron chi connectivity index (χ2n) is 6.30. The molecule has 2 heterocycles. The third kappa shape index (κ3) is 3.29. The van der Waals surface area contributed by atoms with E-state index in [1.165, 1.54) is 0 Å². The molecule has 5 heteroatoms. The van der Waals surface area contributed by atoms with Gasteiger partial charge in [-0.05, 0) is 25.7 Å². The fourth-order valence-corrected chi connectivity index (χ4v) is 3.21. The predicted octanol–water partition coefficient (Wildman–Crippen LogP) is 2.32. The average molecular weight is 313 g/mol. The molecule has 1 N–H and O–H groups in total.